The van der Waals surface area contributed by atoms with Gasteiger partial charge in [-0.25, -0.2) is 13.8 Å². The summed E-state index contributed by atoms with van der Waals surface area (Å²) in [6.07, 6.45) is 1.48. The summed E-state index contributed by atoms with van der Waals surface area (Å²) in [5.41, 5.74) is 3.54. The minimum absolute atomic E-state index is 0.0957. The van der Waals surface area contributed by atoms with Crippen molar-refractivity contribution < 1.29 is 13.2 Å². The van der Waals surface area contributed by atoms with E-state index < -0.39 is 22.5 Å². The van der Waals surface area contributed by atoms with Crippen molar-refractivity contribution in [2.45, 2.75) is 4.90 Å². The number of nitrogens with zero attached hydrogens (tertiary/aromatic N) is 2. The van der Waals surface area contributed by atoms with Crippen LogP contribution in [0.3, 0.4) is 0 Å². The van der Waals surface area contributed by atoms with Gasteiger partial charge in [0.25, 0.3) is 15.9 Å². The molecule has 0 fully saturated rings. The number of nitrogens with one attached hydrogen (secondary N) is 1. The van der Waals surface area contributed by atoms with Crippen LogP contribution in [0, 0.1) is 0 Å². The fourth-order valence-electron chi connectivity index (χ4n) is 2.57. The number of carbonyl (C=O) groups is 1. The van der Waals surface area contributed by atoms with E-state index in [2.05, 4.69) is 42.4 Å². The van der Waals surface area contributed by atoms with Crippen LogP contribution in [0.15, 0.2) is 97.8 Å². The molecule has 0 aliphatic carbocycles. The zero-order valence-corrected chi connectivity index (χ0v) is 19.6. The molecule has 154 valence electrons. The number of hydrogen-bond donors (Lipinski definition) is 1. The Morgan fingerprint density at radius 3 is 2.30 bits per heavy atom. The maximum absolute atomic E-state index is 13.2. The maximum Gasteiger partial charge on any atom is 0.264 e. The van der Waals surface area contributed by atoms with Gasteiger partial charge in [0, 0.05) is 8.95 Å². The van der Waals surface area contributed by atoms with Crippen LogP contribution in [0.5, 0.6) is 0 Å². The highest BCUT2D eigenvalue weighted by Gasteiger charge is 2.27. The standard InChI is InChI=1S/C21H17Br2N3O3S/c22-17-9-11-19(12-10-17)26(30(28,29)20-7-2-1-3-8-20)15-21(27)25-24-14-16-5-4-6-18(23)13-16/h1-14H,15H2,(H,25,27). The van der Waals surface area contributed by atoms with Crippen molar-refractivity contribution in [3.63, 3.8) is 0 Å². The zero-order valence-electron chi connectivity index (χ0n) is 15.6. The van der Waals surface area contributed by atoms with Gasteiger partial charge in [-0.3, -0.25) is 9.10 Å². The van der Waals surface area contributed by atoms with Crippen LogP contribution in [0.25, 0.3) is 0 Å². The van der Waals surface area contributed by atoms with Crippen molar-refractivity contribution in [3.8, 4) is 0 Å². The number of benzene rings is 3. The summed E-state index contributed by atoms with van der Waals surface area (Å²) in [6, 6.07) is 22.0. The van der Waals surface area contributed by atoms with E-state index in [0.29, 0.717) is 5.69 Å². The molecule has 0 radical (unpaired) electrons. The number of hydrogen-bond acceptors (Lipinski definition) is 4. The number of amides is 1. The SMILES string of the molecule is O=C(CN(c1ccc(Br)cc1)S(=O)(=O)c1ccccc1)NN=Cc1cccc(Br)c1. The molecule has 0 unspecified atom stereocenters. The third kappa shape index (κ3) is 5.78. The van der Waals surface area contributed by atoms with Crippen LogP contribution in [-0.2, 0) is 14.8 Å². The molecule has 0 aliphatic heterocycles. The van der Waals surface area contributed by atoms with Gasteiger partial charge in [0.15, 0.2) is 0 Å². The lowest BCUT2D eigenvalue weighted by Gasteiger charge is -2.23. The van der Waals surface area contributed by atoms with E-state index in [9.17, 15) is 13.2 Å². The van der Waals surface area contributed by atoms with Crippen molar-refractivity contribution in [1.82, 2.24) is 5.43 Å². The van der Waals surface area contributed by atoms with E-state index >= 15 is 0 Å². The molecular formula is C21H17Br2N3O3S. The molecule has 0 spiro atoms. The number of sulfonamides is 1. The molecule has 0 heterocycles. The Hall–Kier alpha value is -2.49. The van der Waals surface area contributed by atoms with E-state index in [-0.39, 0.29) is 4.90 Å². The van der Waals surface area contributed by atoms with Gasteiger partial charge in [-0.05, 0) is 54.1 Å². The smallest absolute Gasteiger partial charge is 0.264 e. The van der Waals surface area contributed by atoms with Crippen LogP contribution in [-0.4, -0.2) is 27.1 Å². The Morgan fingerprint density at radius 2 is 1.63 bits per heavy atom. The highest BCUT2D eigenvalue weighted by atomic mass is 79.9. The molecule has 0 atom stereocenters. The lowest BCUT2D eigenvalue weighted by atomic mass is 10.2. The van der Waals surface area contributed by atoms with E-state index in [4.69, 9.17) is 0 Å². The molecule has 9 heteroatoms. The second-order valence-corrected chi connectivity index (χ2v) is 9.84. The van der Waals surface area contributed by atoms with Crippen LogP contribution in [0.1, 0.15) is 5.56 Å². The largest absolute Gasteiger partial charge is 0.271 e. The number of anilines is 1. The van der Waals surface area contributed by atoms with Crippen molar-refractivity contribution in [1.29, 1.82) is 0 Å². The predicted molar refractivity (Wildman–Crippen MR) is 125 cm³/mol. The minimum Gasteiger partial charge on any atom is -0.271 e. The molecule has 0 saturated heterocycles. The summed E-state index contributed by atoms with van der Waals surface area (Å²) >= 11 is 6.70. The number of halogens is 2. The molecular weight excluding hydrogens is 534 g/mol. The van der Waals surface area contributed by atoms with Crippen LogP contribution >= 0.6 is 31.9 Å². The molecule has 0 bridgehead atoms. The number of carbonyl (C=O) groups excluding carboxylic acids is 1. The Kier molecular flexibility index (Phi) is 7.41. The summed E-state index contributed by atoms with van der Waals surface area (Å²) in [5, 5.41) is 3.92. The van der Waals surface area contributed by atoms with E-state index in [1.165, 1.54) is 18.3 Å². The van der Waals surface area contributed by atoms with Crippen molar-refractivity contribution in [2.24, 2.45) is 5.10 Å². The van der Waals surface area contributed by atoms with E-state index in [1.54, 1.807) is 42.5 Å². The molecule has 0 saturated carbocycles. The number of hydrazone groups is 1. The fourth-order valence-corrected chi connectivity index (χ4v) is 4.70. The lowest BCUT2D eigenvalue weighted by Crippen LogP contribution is -2.39. The van der Waals surface area contributed by atoms with Gasteiger partial charge in [0.2, 0.25) is 0 Å². The van der Waals surface area contributed by atoms with Crippen LogP contribution in [0.2, 0.25) is 0 Å². The second kappa shape index (κ2) is 10.0. The van der Waals surface area contributed by atoms with Crippen molar-refractivity contribution in [2.75, 3.05) is 10.8 Å². The second-order valence-electron chi connectivity index (χ2n) is 6.15. The average Bonchev–Trinajstić information content (AvgIpc) is 2.73. The Labute approximate surface area is 191 Å². The van der Waals surface area contributed by atoms with Gasteiger partial charge in [-0.1, -0.05) is 62.2 Å². The van der Waals surface area contributed by atoms with Crippen LogP contribution < -0.4 is 9.73 Å². The first-order valence-electron chi connectivity index (χ1n) is 8.77. The molecule has 30 heavy (non-hydrogen) atoms. The third-order valence-corrected chi connectivity index (χ3v) is 6.79. The normalized spacial score (nSPS) is 11.4. The fraction of sp³-hybridized carbons (Fsp3) is 0.0476. The summed E-state index contributed by atoms with van der Waals surface area (Å²) < 4.78 is 29.1. The molecule has 0 aromatic heterocycles. The Balaban J connectivity index is 1.82. The van der Waals surface area contributed by atoms with Crippen LogP contribution in [0.4, 0.5) is 5.69 Å². The summed E-state index contributed by atoms with van der Waals surface area (Å²) in [5.74, 6) is -0.566. The maximum atomic E-state index is 13.2. The summed E-state index contributed by atoms with van der Waals surface area (Å²) in [6.45, 7) is -0.422. The number of rotatable bonds is 7. The van der Waals surface area contributed by atoms with Gasteiger partial charge in [-0.2, -0.15) is 5.10 Å². The van der Waals surface area contributed by atoms with Gasteiger partial charge < -0.3 is 0 Å². The van der Waals surface area contributed by atoms with Crippen molar-refractivity contribution >= 4 is 59.7 Å². The minimum atomic E-state index is -3.95. The molecule has 0 aliphatic rings. The van der Waals surface area contributed by atoms with Gasteiger partial charge in [0.1, 0.15) is 6.54 Å². The average molecular weight is 551 g/mol. The van der Waals surface area contributed by atoms with Gasteiger partial charge in [-0.15, -0.1) is 0 Å². The first-order chi connectivity index (χ1) is 14.4. The molecule has 3 aromatic carbocycles. The molecule has 1 amide bonds. The first-order valence-corrected chi connectivity index (χ1v) is 11.8. The van der Waals surface area contributed by atoms with E-state index in [1.807, 2.05) is 24.3 Å². The topological polar surface area (TPSA) is 78.8 Å². The zero-order chi connectivity index (χ0) is 21.6. The molecule has 3 rings (SSSR count). The van der Waals surface area contributed by atoms with Crippen molar-refractivity contribution in [3.05, 3.63) is 93.4 Å². The van der Waals surface area contributed by atoms with E-state index in [0.717, 1.165) is 18.8 Å². The molecule has 6 nitrogen and oxygen atoms in total. The van der Waals surface area contributed by atoms with Gasteiger partial charge in [0.05, 0.1) is 16.8 Å². The summed E-state index contributed by atoms with van der Waals surface area (Å²) in [4.78, 5) is 12.6. The molecule has 1 N–H and O–H groups in total. The Bertz CT molecular complexity index is 1150. The molecule has 3 aromatic rings. The predicted octanol–water partition coefficient (Wildman–Crippen LogP) is 4.56. The monoisotopic (exact) mass is 549 g/mol. The van der Waals surface area contributed by atoms with Gasteiger partial charge >= 0.3 is 0 Å². The Morgan fingerprint density at radius 1 is 0.933 bits per heavy atom. The highest BCUT2D eigenvalue weighted by molar-refractivity contribution is 9.10. The lowest BCUT2D eigenvalue weighted by molar-refractivity contribution is -0.119. The first kappa shape index (κ1) is 22.2. The summed E-state index contributed by atoms with van der Waals surface area (Å²) in [7, 11) is -3.95. The third-order valence-electron chi connectivity index (χ3n) is 3.98. The quantitative estimate of drug-likeness (QED) is 0.346. The highest BCUT2D eigenvalue weighted by Crippen LogP contribution is 2.25.